The summed E-state index contributed by atoms with van der Waals surface area (Å²) >= 11 is 0.883. The summed E-state index contributed by atoms with van der Waals surface area (Å²) in [6.07, 6.45) is -4.46. The van der Waals surface area contributed by atoms with Crippen molar-refractivity contribution < 1.29 is 18.1 Å². The number of aromatic nitrogens is 1. The number of benzene rings is 1. The molecular formula is C13H6F3N3O2S. The normalized spacial score (nSPS) is 11.0. The molecule has 2 aromatic rings. The average Bonchev–Trinajstić information content (AvgIpc) is 2.46. The van der Waals surface area contributed by atoms with E-state index in [0.29, 0.717) is 0 Å². The van der Waals surface area contributed by atoms with Gasteiger partial charge < -0.3 is 0 Å². The lowest BCUT2D eigenvalue weighted by atomic mass is 10.2. The Morgan fingerprint density at radius 2 is 2.00 bits per heavy atom. The first-order valence-corrected chi connectivity index (χ1v) is 6.53. The van der Waals surface area contributed by atoms with Gasteiger partial charge in [0.1, 0.15) is 11.1 Å². The highest BCUT2D eigenvalue weighted by Gasteiger charge is 2.30. The lowest BCUT2D eigenvalue weighted by molar-refractivity contribution is -0.385. The molecule has 0 atom stereocenters. The van der Waals surface area contributed by atoms with Gasteiger partial charge >= 0.3 is 11.9 Å². The first-order valence-electron chi connectivity index (χ1n) is 5.72. The molecule has 0 radical (unpaired) electrons. The molecule has 0 N–H and O–H groups in total. The summed E-state index contributed by atoms with van der Waals surface area (Å²) in [4.78, 5) is 14.0. The van der Waals surface area contributed by atoms with Crippen molar-refractivity contribution in [2.75, 3.05) is 0 Å². The molecular weight excluding hydrogens is 319 g/mol. The Labute approximate surface area is 126 Å². The number of hydrogen-bond acceptors (Lipinski definition) is 5. The van der Waals surface area contributed by atoms with Crippen molar-refractivity contribution in [1.82, 2.24) is 4.98 Å². The molecule has 1 heterocycles. The minimum absolute atomic E-state index is 0.196. The summed E-state index contributed by atoms with van der Waals surface area (Å²) in [5.41, 5.74) is -1.64. The van der Waals surface area contributed by atoms with Crippen LogP contribution in [0.2, 0.25) is 0 Å². The highest BCUT2D eigenvalue weighted by Crippen LogP contribution is 2.34. The molecule has 0 aliphatic heterocycles. The topological polar surface area (TPSA) is 79.8 Å². The molecule has 2 rings (SSSR count). The van der Waals surface area contributed by atoms with Gasteiger partial charge in [0, 0.05) is 11.0 Å². The van der Waals surface area contributed by atoms with Crippen LogP contribution in [0.3, 0.4) is 0 Å². The molecule has 0 aliphatic rings. The summed E-state index contributed by atoms with van der Waals surface area (Å²) < 4.78 is 37.9. The summed E-state index contributed by atoms with van der Waals surface area (Å²) in [6, 6.07) is 8.56. The molecule has 1 aromatic carbocycles. The molecule has 0 saturated carbocycles. The number of alkyl halides is 3. The fraction of sp³-hybridized carbons (Fsp3) is 0.0769. The Hall–Kier alpha value is -2.60. The third-order valence-corrected chi connectivity index (χ3v) is 3.46. The zero-order valence-electron chi connectivity index (χ0n) is 10.7. The van der Waals surface area contributed by atoms with E-state index in [1.165, 1.54) is 18.2 Å². The zero-order chi connectivity index (χ0) is 16.3. The van der Waals surface area contributed by atoms with E-state index in [1.807, 2.05) is 0 Å². The Morgan fingerprint density at radius 1 is 1.27 bits per heavy atom. The van der Waals surface area contributed by atoms with Crippen molar-refractivity contribution in [2.24, 2.45) is 0 Å². The van der Waals surface area contributed by atoms with Crippen molar-refractivity contribution in [2.45, 2.75) is 16.1 Å². The average molecular weight is 325 g/mol. The van der Waals surface area contributed by atoms with Crippen LogP contribution in [0.4, 0.5) is 18.9 Å². The van der Waals surface area contributed by atoms with Crippen LogP contribution in [0, 0.1) is 21.4 Å². The maximum absolute atomic E-state index is 12.6. The number of nitrogens with zero attached hydrogens (tertiary/aromatic N) is 3. The van der Waals surface area contributed by atoms with E-state index in [-0.39, 0.29) is 15.6 Å². The van der Waals surface area contributed by atoms with Crippen LogP contribution < -0.4 is 0 Å². The maximum atomic E-state index is 12.6. The van der Waals surface area contributed by atoms with Crippen molar-refractivity contribution in [3.05, 3.63) is 57.8 Å². The number of nitriles is 1. The van der Waals surface area contributed by atoms with E-state index < -0.39 is 22.4 Å². The molecule has 0 unspecified atom stereocenters. The van der Waals surface area contributed by atoms with E-state index in [9.17, 15) is 23.3 Å². The molecule has 22 heavy (non-hydrogen) atoms. The predicted octanol–water partition coefficient (Wildman–Crippen LogP) is 4.03. The summed E-state index contributed by atoms with van der Waals surface area (Å²) in [5, 5.41) is 19.7. The molecule has 9 heteroatoms. The number of hydrogen-bond donors (Lipinski definition) is 0. The smallest absolute Gasteiger partial charge is 0.258 e. The number of pyridine rings is 1. The Morgan fingerprint density at radius 3 is 2.59 bits per heavy atom. The van der Waals surface area contributed by atoms with Crippen LogP contribution in [0.5, 0.6) is 0 Å². The van der Waals surface area contributed by atoms with Crippen molar-refractivity contribution in [3.8, 4) is 6.07 Å². The lowest BCUT2D eigenvalue weighted by Crippen LogP contribution is -2.04. The monoisotopic (exact) mass is 325 g/mol. The first-order chi connectivity index (χ1) is 10.3. The highest BCUT2D eigenvalue weighted by atomic mass is 32.2. The van der Waals surface area contributed by atoms with Gasteiger partial charge in [-0.2, -0.15) is 18.4 Å². The standard InChI is InChI=1S/C13H6F3N3O2S/c14-13(15,16)8-2-1-3-9(6-8)22-12-5-4-11(19(20)21)10(7-17)18-12/h1-6H. The van der Waals surface area contributed by atoms with Gasteiger partial charge in [0.2, 0.25) is 5.69 Å². The third kappa shape index (κ3) is 3.53. The van der Waals surface area contributed by atoms with Crippen LogP contribution in [-0.4, -0.2) is 9.91 Å². The molecule has 5 nitrogen and oxygen atoms in total. The van der Waals surface area contributed by atoms with Gasteiger partial charge in [0.25, 0.3) is 0 Å². The molecule has 0 amide bonds. The predicted molar refractivity (Wildman–Crippen MR) is 71.2 cm³/mol. The van der Waals surface area contributed by atoms with Crippen LogP contribution >= 0.6 is 11.8 Å². The summed E-state index contributed by atoms with van der Waals surface area (Å²) in [5.74, 6) is 0. The third-order valence-electron chi connectivity index (χ3n) is 2.53. The molecule has 0 aliphatic carbocycles. The number of rotatable bonds is 3. The van der Waals surface area contributed by atoms with E-state index in [4.69, 9.17) is 5.26 Å². The minimum Gasteiger partial charge on any atom is -0.258 e. The highest BCUT2D eigenvalue weighted by molar-refractivity contribution is 7.99. The Bertz CT molecular complexity index is 772. The van der Waals surface area contributed by atoms with Gasteiger partial charge in [0.05, 0.1) is 10.5 Å². The molecule has 0 spiro atoms. The molecule has 1 aromatic heterocycles. The quantitative estimate of drug-likeness (QED) is 0.628. The van der Waals surface area contributed by atoms with Gasteiger partial charge in [-0.25, -0.2) is 4.98 Å². The molecule has 0 bridgehead atoms. The fourth-order valence-corrected chi connectivity index (χ4v) is 2.42. The van der Waals surface area contributed by atoms with Crippen LogP contribution in [0.15, 0.2) is 46.3 Å². The lowest BCUT2D eigenvalue weighted by Gasteiger charge is -2.08. The van der Waals surface area contributed by atoms with E-state index in [1.54, 1.807) is 6.07 Å². The second-order valence-corrected chi connectivity index (χ2v) is 5.11. The second kappa shape index (κ2) is 6.03. The van der Waals surface area contributed by atoms with Crippen LogP contribution in [0.25, 0.3) is 0 Å². The van der Waals surface area contributed by atoms with Gasteiger partial charge in [-0.15, -0.1) is 0 Å². The largest absolute Gasteiger partial charge is 0.416 e. The van der Waals surface area contributed by atoms with Gasteiger partial charge in [-0.1, -0.05) is 17.8 Å². The Kier molecular flexibility index (Phi) is 4.32. The van der Waals surface area contributed by atoms with E-state index in [0.717, 1.165) is 30.0 Å². The number of halogens is 3. The molecule has 0 fully saturated rings. The van der Waals surface area contributed by atoms with Crippen molar-refractivity contribution in [1.29, 1.82) is 5.26 Å². The maximum Gasteiger partial charge on any atom is 0.416 e. The van der Waals surface area contributed by atoms with E-state index in [2.05, 4.69) is 4.98 Å². The van der Waals surface area contributed by atoms with Crippen molar-refractivity contribution >= 4 is 17.4 Å². The second-order valence-electron chi connectivity index (χ2n) is 4.01. The zero-order valence-corrected chi connectivity index (χ0v) is 11.5. The minimum atomic E-state index is -4.46. The summed E-state index contributed by atoms with van der Waals surface area (Å²) in [7, 11) is 0. The fourth-order valence-electron chi connectivity index (χ4n) is 1.58. The molecule has 0 saturated heterocycles. The Balaban J connectivity index is 2.32. The molecule has 112 valence electrons. The van der Waals surface area contributed by atoms with Crippen molar-refractivity contribution in [3.63, 3.8) is 0 Å². The summed E-state index contributed by atoms with van der Waals surface area (Å²) in [6.45, 7) is 0. The van der Waals surface area contributed by atoms with Crippen LogP contribution in [-0.2, 0) is 6.18 Å². The van der Waals surface area contributed by atoms with Gasteiger partial charge in [0.15, 0.2) is 0 Å². The first kappa shape index (κ1) is 15.8. The van der Waals surface area contributed by atoms with Gasteiger partial charge in [-0.05, 0) is 24.3 Å². The SMILES string of the molecule is N#Cc1nc(Sc2cccc(C(F)(F)F)c2)ccc1[N+](=O)[O-]. The van der Waals surface area contributed by atoms with Gasteiger partial charge in [-0.3, -0.25) is 10.1 Å². The van der Waals surface area contributed by atoms with Crippen LogP contribution in [0.1, 0.15) is 11.3 Å². The number of nitro groups is 1. The van der Waals surface area contributed by atoms with E-state index >= 15 is 0 Å².